The van der Waals surface area contributed by atoms with Crippen molar-refractivity contribution in [1.82, 2.24) is 5.32 Å². The van der Waals surface area contributed by atoms with Gasteiger partial charge in [-0.2, -0.15) is 0 Å². The van der Waals surface area contributed by atoms with Crippen LogP contribution in [0.4, 0.5) is 5.69 Å². The van der Waals surface area contributed by atoms with E-state index in [-0.39, 0.29) is 13.2 Å². The summed E-state index contributed by atoms with van der Waals surface area (Å²) in [5.74, 6) is -2.00. The quantitative estimate of drug-likeness (QED) is 0.640. The topological polar surface area (TPSA) is 75.7 Å². The first-order valence-electron chi connectivity index (χ1n) is 6.39. The third-order valence-corrected chi connectivity index (χ3v) is 3.09. The number of benzene rings is 1. The third kappa shape index (κ3) is 2.64. The molecule has 1 heterocycles. The molecule has 0 radical (unpaired) electrons. The van der Waals surface area contributed by atoms with E-state index in [0.717, 1.165) is 5.56 Å². The Hall–Kier alpha value is -2.37. The minimum absolute atomic E-state index is 0.0776. The Morgan fingerprint density at radius 3 is 2.75 bits per heavy atom. The Morgan fingerprint density at radius 1 is 1.40 bits per heavy atom. The number of hydrogen-bond acceptors (Lipinski definition) is 4. The van der Waals surface area contributed by atoms with Crippen molar-refractivity contribution < 1.29 is 19.1 Å². The average molecular weight is 276 g/mol. The number of amides is 2. The molecule has 1 saturated heterocycles. The van der Waals surface area contributed by atoms with E-state index in [2.05, 4.69) is 5.32 Å². The van der Waals surface area contributed by atoms with Gasteiger partial charge in [0.15, 0.2) is 0 Å². The van der Waals surface area contributed by atoms with E-state index >= 15 is 0 Å². The molecule has 6 heteroatoms. The lowest BCUT2D eigenvalue weighted by Crippen LogP contribution is -2.61. The smallest absolute Gasteiger partial charge is 0.330 e. The van der Waals surface area contributed by atoms with Crippen LogP contribution in [0.5, 0.6) is 0 Å². The van der Waals surface area contributed by atoms with E-state index in [1.54, 1.807) is 19.1 Å². The minimum Gasteiger partial charge on any atom is -0.464 e. The van der Waals surface area contributed by atoms with Crippen molar-refractivity contribution >= 4 is 23.5 Å². The van der Waals surface area contributed by atoms with Gasteiger partial charge in [0.1, 0.15) is 6.04 Å². The van der Waals surface area contributed by atoms with Crippen molar-refractivity contribution in [1.29, 1.82) is 0 Å². The second-order valence-electron chi connectivity index (χ2n) is 4.48. The van der Waals surface area contributed by atoms with Gasteiger partial charge in [0.05, 0.1) is 13.2 Å². The molecule has 2 amide bonds. The van der Waals surface area contributed by atoms with E-state index in [1.165, 1.54) is 4.90 Å². The fourth-order valence-electron chi connectivity index (χ4n) is 2.10. The maximum atomic E-state index is 12.0. The van der Waals surface area contributed by atoms with E-state index in [1.807, 2.05) is 19.1 Å². The highest BCUT2D eigenvalue weighted by molar-refractivity contribution is 6.41. The lowest BCUT2D eigenvalue weighted by molar-refractivity contribution is -0.150. The van der Waals surface area contributed by atoms with E-state index in [4.69, 9.17) is 4.74 Å². The normalized spacial score (nSPS) is 18.7. The van der Waals surface area contributed by atoms with E-state index in [9.17, 15) is 14.4 Å². The first kappa shape index (κ1) is 14.0. The summed E-state index contributed by atoms with van der Waals surface area (Å²) in [6.07, 6.45) is 0. The summed E-state index contributed by atoms with van der Waals surface area (Å²) >= 11 is 0. The second-order valence-corrected chi connectivity index (χ2v) is 4.48. The van der Waals surface area contributed by atoms with Crippen LogP contribution in [0.2, 0.25) is 0 Å². The van der Waals surface area contributed by atoms with Crippen LogP contribution in [0.25, 0.3) is 0 Å². The van der Waals surface area contributed by atoms with Gasteiger partial charge in [-0.25, -0.2) is 4.79 Å². The molecule has 106 valence electrons. The summed E-state index contributed by atoms with van der Waals surface area (Å²) in [6.45, 7) is 3.83. The molecule has 1 aliphatic rings. The summed E-state index contributed by atoms with van der Waals surface area (Å²) in [5, 5.41) is 2.37. The predicted molar refractivity (Wildman–Crippen MR) is 72.1 cm³/mol. The summed E-state index contributed by atoms with van der Waals surface area (Å²) in [5.41, 5.74) is 1.49. The fraction of sp³-hybridized carbons (Fsp3) is 0.357. The highest BCUT2D eigenvalue weighted by atomic mass is 16.5. The van der Waals surface area contributed by atoms with E-state index in [0.29, 0.717) is 5.69 Å². The average Bonchev–Trinajstić information content (AvgIpc) is 2.43. The van der Waals surface area contributed by atoms with Crippen molar-refractivity contribution in [3.8, 4) is 0 Å². The number of nitrogens with one attached hydrogen (secondary N) is 1. The SMILES string of the molecule is CCOC(=O)[C@H]1CN(c2ccccc2C)C(=O)C(=O)N1. The van der Waals surface area contributed by atoms with Crippen LogP contribution in [-0.2, 0) is 19.1 Å². The molecule has 0 aromatic heterocycles. The molecule has 0 saturated carbocycles. The van der Waals surface area contributed by atoms with Crippen LogP contribution in [-0.4, -0.2) is 37.0 Å². The van der Waals surface area contributed by atoms with Crippen molar-refractivity contribution in [3.05, 3.63) is 29.8 Å². The number of para-hydroxylation sites is 1. The van der Waals surface area contributed by atoms with Gasteiger partial charge in [0.2, 0.25) is 0 Å². The minimum atomic E-state index is -0.834. The maximum Gasteiger partial charge on any atom is 0.330 e. The number of ether oxygens (including phenoxy) is 1. The fourth-order valence-corrected chi connectivity index (χ4v) is 2.10. The summed E-state index contributed by atoms with van der Waals surface area (Å²) in [4.78, 5) is 36.7. The monoisotopic (exact) mass is 276 g/mol. The van der Waals surface area contributed by atoms with Gasteiger partial charge in [-0.3, -0.25) is 9.59 Å². The number of carbonyl (C=O) groups is 3. The number of anilines is 1. The lowest BCUT2D eigenvalue weighted by Gasteiger charge is -2.32. The molecule has 1 aromatic rings. The Balaban J connectivity index is 2.27. The van der Waals surface area contributed by atoms with Crippen molar-refractivity contribution in [2.45, 2.75) is 19.9 Å². The van der Waals surface area contributed by atoms with Crippen LogP contribution in [0, 0.1) is 6.92 Å². The van der Waals surface area contributed by atoms with Crippen LogP contribution in [0.1, 0.15) is 12.5 Å². The first-order valence-corrected chi connectivity index (χ1v) is 6.39. The van der Waals surface area contributed by atoms with Gasteiger partial charge < -0.3 is 15.0 Å². The van der Waals surface area contributed by atoms with Gasteiger partial charge >= 0.3 is 17.8 Å². The predicted octanol–water partition coefficient (Wildman–Crippen LogP) is 0.390. The molecule has 1 aromatic carbocycles. The van der Waals surface area contributed by atoms with Crippen molar-refractivity contribution in [2.75, 3.05) is 18.1 Å². The zero-order valence-corrected chi connectivity index (χ0v) is 11.4. The number of esters is 1. The highest BCUT2D eigenvalue weighted by Crippen LogP contribution is 2.21. The largest absolute Gasteiger partial charge is 0.464 e. The number of hydrogen-bond donors (Lipinski definition) is 1. The standard InChI is InChI=1S/C14H16N2O4/c1-3-20-14(19)10-8-16(13(18)12(17)15-10)11-7-5-4-6-9(11)2/h4-7,10H,3,8H2,1-2H3,(H,15,17)/t10-/m1/s1. The summed E-state index contributed by atoms with van der Waals surface area (Å²) in [6, 6.07) is 6.37. The zero-order chi connectivity index (χ0) is 14.7. The number of rotatable bonds is 3. The van der Waals surface area contributed by atoms with Crippen LogP contribution >= 0.6 is 0 Å². The summed E-state index contributed by atoms with van der Waals surface area (Å²) in [7, 11) is 0. The second kappa shape index (κ2) is 5.73. The Morgan fingerprint density at radius 2 is 2.10 bits per heavy atom. The molecule has 2 rings (SSSR count). The van der Waals surface area contributed by atoms with Crippen LogP contribution < -0.4 is 10.2 Å². The molecular weight excluding hydrogens is 260 g/mol. The Labute approximate surface area is 116 Å². The Bertz CT molecular complexity index is 556. The molecule has 0 spiro atoms. The van der Waals surface area contributed by atoms with Crippen molar-refractivity contribution in [2.24, 2.45) is 0 Å². The molecule has 0 aliphatic carbocycles. The molecule has 20 heavy (non-hydrogen) atoms. The zero-order valence-electron chi connectivity index (χ0n) is 11.4. The maximum absolute atomic E-state index is 12.0. The molecule has 1 N–H and O–H groups in total. The highest BCUT2D eigenvalue weighted by Gasteiger charge is 2.37. The van der Waals surface area contributed by atoms with Crippen LogP contribution in [0.15, 0.2) is 24.3 Å². The van der Waals surface area contributed by atoms with Gasteiger partial charge in [-0.1, -0.05) is 18.2 Å². The van der Waals surface area contributed by atoms with E-state index < -0.39 is 23.8 Å². The van der Waals surface area contributed by atoms with Gasteiger partial charge in [0.25, 0.3) is 0 Å². The van der Waals surface area contributed by atoms with Crippen molar-refractivity contribution in [3.63, 3.8) is 0 Å². The number of piperazine rings is 1. The lowest BCUT2D eigenvalue weighted by atomic mass is 10.1. The number of carbonyl (C=O) groups excluding carboxylic acids is 3. The number of nitrogens with zero attached hydrogens (tertiary/aromatic N) is 1. The molecule has 0 bridgehead atoms. The molecule has 0 unspecified atom stereocenters. The Kier molecular flexibility index (Phi) is 4.02. The van der Waals surface area contributed by atoms with Gasteiger partial charge in [-0.05, 0) is 25.5 Å². The molecule has 1 aliphatic heterocycles. The molecule has 6 nitrogen and oxygen atoms in total. The first-order chi connectivity index (χ1) is 9.54. The summed E-state index contributed by atoms with van der Waals surface area (Å²) < 4.78 is 4.89. The third-order valence-electron chi connectivity index (χ3n) is 3.09. The number of aryl methyl sites for hydroxylation is 1. The van der Waals surface area contributed by atoms with Gasteiger partial charge in [0, 0.05) is 5.69 Å². The van der Waals surface area contributed by atoms with Crippen LogP contribution in [0.3, 0.4) is 0 Å². The molecule has 1 fully saturated rings. The van der Waals surface area contributed by atoms with Gasteiger partial charge in [-0.15, -0.1) is 0 Å². The molecular formula is C14H16N2O4. The molecule has 1 atom stereocenters.